The van der Waals surface area contributed by atoms with Gasteiger partial charge in [-0.1, -0.05) is 36.4 Å². The van der Waals surface area contributed by atoms with Crippen LogP contribution in [0.4, 0.5) is 5.82 Å². The lowest BCUT2D eigenvalue weighted by molar-refractivity contribution is -0.127. The highest BCUT2D eigenvalue weighted by Gasteiger charge is 2.28. The van der Waals surface area contributed by atoms with Crippen LogP contribution >= 0.6 is 0 Å². The summed E-state index contributed by atoms with van der Waals surface area (Å²) in [5.41, 5.74) is 15.4. The number of hydrogen-bond donors (Lipinski definition) is 5. The van der Waals surface area contributed by atoms with Crippen molar-refractivity contribution in [2.45, 2.75) is 38.3 Å². The monoisotopic (exact) mass is 487 g/mol. The van der Waals surface area contributed by atoms with Gasteiger partial charge in [-0.05, 0) is 55.8 Å². The zero-order valence-corrected chi connectivity index (χ0v) is 20.2. The van der Waals surface area contributed by atoms with E-state index in [2.05, 4.69) is 25.5 Å². The fourth-order valence-corrected chi connectivity index (χ4v) is 4.88. The molecule has 188 valence electrons. The van der Waals surface area contributed by atoms with Crippen LogP contribution in [0.2, 0.25) is 0 Å². The quantitative estimate of drug-likeness (QED) is 0.243. The molecule has 7 N–H and O–H groups in total. The lowest BCUT2D eigenvalue weighted by Gasteiger charge is -2.28. The second kappa shape index (κ2) is 10.9. The van der Waals surface area contributed by atoms with Gasteiger partial charge in [-0.15, -0.1) is 0 Å². The third-order valence-corrected chi connectivity index (χ3v) is 7.09. The van der Waals surface area contributed by atoms with Crippen LogP contribution in [0.3, 0.4) is 0 Å². The largest absolute Gasteiger partial charge is 0.382 e. The van der Waals surface area contributed by atoms with Crippen molar-refractivity contribution in [2.75, 3.05) is 18.9 Å². The number of ether oxygens (including phenoxy) is 1. The molecule has 4 aromatic rings. The number of nitrogens with zero attached hydrogens (tertiary/aromatic N) is 2. The van der Waals surface area contributed by atoms with Gasteiger partial charge in [0.05, 0.1) is 30.6 Å². The Morgan fingerprint density at radius 1 is 1.14 bits per heavy atom. The Hall–Kier alpha value is -3.69. The van der Waals surface area contributed by atoms with E-state index < -0.39 is 6.04 Å². The van der Waals surface area contributed by atoms with Gasteiger partial charge in [-0.2, -0.15) is 5.10 Å². The number of nitrogens with one attached hydrogen (secondary N) is 3. The molecule has 0 aliphatic heterocycles. The van der Waals surface area contributed by atoms with Crippen molar-refractivity contribution in [3.8, 4) is 11.3 Å². The Labute approximate surface area is 210 Å². The zero-order valence-electron chi connectivity index (χ0n) is 20.2. The van der Waals surface area contributed by atoms with Crippen LogP contribution in [0.25, 0.3) is 22.2 Å². The lowest BCUT2D eigenvalue weighted by atomic mass is 9.81. The number of amides is 1. The van der Waals surface area contributed by atoms with E-state index in [-0.39, 0.29) is 11.8 Å². The summed E-state index contributed by atoms with van der Waals surface area (Å²) in [6.45, 7) is 1.46. The summed E-state index contributed by atoms with van der Waals surface area (Å²) in [4.78, 5) is 21.2. The fraction of sp³-hybridized carbons (Fsp3) is 0.370. The zero-order chi connectivity index (χ0) is 24.9. The molecule has 1 amide bonds. The molecule has 1 aliphatic carbocycles. The number of imidazole rings is 1. The Balaban J connectivity index is 1.31. The van der Waals surface area contributed by atoms with Crippen LogP contribution in [0.1, 0.15) is 43.1 Å². The van der Waals surface area contributed by atoms with E-state index in [9.17, 15) is 4.79 Å². The number of rotatable bonds is 9. The fourth-order valence-electron chi connectivity index (χ4n) is 4.88. The Morgan fingerprint density at radius 2 is 1.94 bits per heavy atom. The molecular formula is C27H33N7O2. The molecule has 36 heavy (non-hydrogen) atoms. The number of benzene rings is 2. The van der Waals surface area contributed by atoms with Crippen molar-refractivity contribution >= 4 is 22.6 Å². The van der Waals surface area contributed by atoms with Crippen molar-refractivity contribution < 1.29 is 9.53 Å². The first-order valence-electron chi connectivity index (χ1n) is 12.5. The summed E-state index contributed by atoms with van der Waals surface area (Å²) >= 11 is 0. The van der Waals surface area contributed by atoms with Crippen LogP contribution < -0.4 is 16.8 Å². The molecule has 1 aliphatic rings. The molecule has 0 unspecified atom stereocenters. The number of H-pyrrole nitrogens is 2. The molecule has 0 bridgehead atoms. The first-order valence-corrected chi connectivity index (χ1v) is 12.5. The van der Waals surface area contributed by atoms with Gasteiger partial charge >= 0.3 is 0 Å². The molecule has 2 heterocycles. The first kappa shape index (κ1) is 24.0. The molecule has 2 aromatic heterocycles. The predicted octanol–water partition coefficient (Wildman–Crippen LogP) is 3.67. The highest BCUT2D eigenvalue weighted by atomic mass is 16.5. The molecule has 2 aromatic carbocycles. The second-order valence-corrected chi connectivity index (χ2v) is 9.57. The molecule has 0 radical (unpaired) electrons. The van der Waals surface area contributed by atoms with Gasteiger partial charge < -0.3 is 26.5 Å². The maximum absolute atomic E-state index is 13.2. The van der Waals surface area contributed by atoms with Gasteiger partial charge in [0.25, 0.3) is 0 Å². The van der Waals surface area contributed by atoms with E-state index in [0.29, 0.717) is 37.3 Å². The summed E-state index contributed by atoms with van der Waals surface area (Å²) in [7, 11) is 0. The summed E-state index contributed by atoms with van der Waals surface area (Å²) < 4.78 is 6.02. The number of hydrogen-bond acceptors (Lipinski definition) is 6. The van der Waals surface area contributed by atoms with Gasteiger partial charge in [0, 0.05) is 16.9 Å². The highest BCUT2D eigenvalue weighted by Crippen LogP contribution is 2.29. The van der Waals surface area contributed by atoms with E-state index in [1.54, 1.807) is 6.20 Å². The van der Waals surface area contributed by atoms with E-state index in [4.69, 9.17) is 16.2 Å². The lowest BCUT2D eigenvalue weighted by Crippen LogP contribution is -2.38. The summed E-state index contributed by atoms with van der Waals surface area (Å²) in [5.74, 6) is 1.69. The van der Waals surface area contributed by atoms with Crippen molar-refractivity contribution in [3.63, 3.8) is 0 Å². The number of fused-ring (bicyclic) bond motifs is 1. The normalized spacial score (nSPS) is 18.8. The van der Waals surface area contributed by atoms with Crippen molar-refractivity contribution in [3.05, 3.63) is 66.1 Å². The second-order valence-electron chi connectivity index (χ2n) is 9.57. The van der Waals surface area contributed by atoms with E-state index >= 15 is 0 Å². The van der Waals surface area contributed by atoms with Crippen molar-refractivity contribution in [1.82, 2.24) is 25.5 Å². The smallest absolute Gasteiger partial charge is 0.223 e. The SMILES string of the molecule is NCC1CCC(C(=O)N[C@@H](COCc2ccccc2)c2ncc(-c3ccc4c(N)n[nH]c4c3)[nH]2)CC1. The van der Waals surface area contributed by atoms with Gasteiger partial charge in [-0.25, -0.2) is 4.98 Å². The number of nitrogen functional groups attached to an aromatic ring is 1. The number of nitrogens with two attached hydrogens (primary N) is 2. The third-order valence-electron chi connectivity index (χ3n) is 7.09. The number of carbonyl (C=O) groups is 1. The minimum absolute atomic E-state index is 0.00731. The maximum atomic E-state index is 13.2. The Morgan fingerprint density at radius 3 is 2.72 bits per heavy atom. The minimum Gasteiger partial charge on any atom is -0.382 e. The van der Waals surface area contributed by atoms with Crippen molar-refractivity contribution in [2.24, 2.45) is 17.6 Å². The van der Waals surface area contributed by atoms with Gasteiger partial charge in [0.15, 0.2) is 5.82 Å². The van der Waals surface area contributed by atoms with E-state index in [0.717, 1.165) is 53.4 Å². The molecule has 5 rings (SSSR count). The number of carbonyl (C=O) groups excluding carboxylic acids is 1. The Bertz CT molecular complexity index is 1290. The van der Waals surface area contributed by atoms with Gasteiger partial charge in [-0.3, -0.25) is 9.89 Å². The molecule has 1 saturated carbocycles. The topological polar surface area (TPSA) is 148 Å². The van der Waals surface area contributed by atoms with E-state index in [1.165, 1.54) is 0 Å². The molecule has 1 atom stereocenters. The van der Waals surface area contributed by atoms with E-state index in [1.807, 2.05) is 48.5 Å². The maximum Gasteiger partial charge on any atom is 0.223 e. The standard InChI is InChI=1S/C27H33N7O2/c28-13-17-6-8-19(9-7-17)27(35)32-24(16-36-15-18-4-2-1-3-5-18)26-30-14-23(31-26)20-10-11-21-22(12-20)33-34-25(21)29/h1-5,10-12,14,17,19,24H,6-9,13,15-16,28H2,(H,30,31)(H,32,35)(H3,29,33,34)/t17?,19?,24-/m0/s1. The average Bonchev–Trinajstić information content (AvgIpc) is 3.56. The van der Waals surface area contributed by atoms with Crippen LogP contribution in [-0.2, 0) is 16.1 Å². The van der Waals surface area contributed by atoms with Gasteiger partial charge in [0.2, 0.25) is 5.91 Å². The molecular weight excluding hydrogens is 454 g/mol. The van der Waals surface area contributed by atoms with Crippen LogP contribution in [0, 0.1) is 11.8 Å². The van der Waals surface area contributed by atoms with Crippen LogP contribution in [-0.4, -0.2) is 39.2 Å². The average molecular weight is 488 g/mol. The number of anilines is 1. The molecule has 0 saturated heterocycles. The highest BCUT2D eigenvalue weighted by molar-refractivity contribution is 5.91. The summed E-state index contributed by atoms with van der Waals surface area (Å²) in [6.07, 6.45) is 5.49. The summed E-state index contributed by atoms with van der Waals surface area (Å²) in [5, 5.41) is 11.1. The molecule has 9 nitrogen and oxygen atoms in total. The van der Waals surface area contributed by atoms with Crippen LogP contribution in [0.5, 0.6) is 0 Å². The molecule has 9 heteroatoms. The Kier molecular flexibility index (Phi) is 7.29. The third kappa shape index (κ3) is 5.42. The van der Waals surface area contributed by atoms with Gasteiger partial charge in [0.1, 0.15) is 11.9 Å². The van der Waals surface area contributed by atoms with Crippen molar-refractivity contribution in [1.29, 1.82) is 0 Å². The predicted molar refractivity (Wildman–Crippen MR) is 140 cm³/mol. The number of aromatic nitrogens is 4. The van der Waals surface area contributed by atoms with Crippen LogP contribution in [0.15, 0.2) is 54.7 Å². The first-order chi connectivity index (χ1) is 17.6. The number of aromatic amines is 2. The molecule has 1 fully saturated rings. The molecule has 0 spiro atoms. The summed E-state index contributed by atoms with van der Waals surface area (Å²) in [6, 6.07) is 15.5. The minimum atomic E-state index is -0.395.